The van der Waals surface area contributed by atoms with Crippen molar-refractivity contribution in [2.45, 2.75) is 20.0 Å². The van der Waals surface area contributed by atoms with Gasteiger partial charge in [0.25, 0.3) is 5.91 Å². The SMILES string of the molecule is Cc1c(Br)cccc1C(=O)NC[C@@H](C)O. The van der Waals surface area contributed by atoms with Gasteiger partial charge in [0, 0.05) is 16.6 Å². The summed E-state index contributed by atoms with van der Waals surface area (Å²) in [7, 11) is 0. The normalized spacial score (nSPS) is 12.3. The summed E-state index contributed by atoms with van der Waals surface area (Å²) in [6.45, 7) is 3.78. The quantitative estimate of drug-likeness (QED) is 0.882. The van der Waals surface area contributed by atoms with Gasteiger partial charge in [-0.2, -0.15) is 0 Å². The molecule has 82 valence electrons. The van der Waals surface area contributed by atoms with Crippen molar-refractivity contribution < 1.29 is 9.90 Å². The van der Waals surface area contributed by atoms with Crippen LogP contribution in [0.5, 0.6) is 0 Å². The van der Waals surface area contributed by atoms with Gasteiger partial charge in [0.2, 0.25) is 0 Å². The standard InChI is InChI=1S/C11H14BrNO2/c1-7(14)6-13-11(15)9-4-3-5-10(12)8(9)2/h3-5,7,14H,6H2,1-2H3,(H,13,15)/t7-/m1/s1. The third-order valence-electron chi connectivity index (χ3n) is 2.07. The number of carbonyl (C=O) groups is 1. The van der Waals surface area contributed by atoms with Crippen molar-refractivity contribution >= 4 is 21.8 Å². The molecule has 0 saturated heterocycles. The number of halogens is 1. The van der Waals surface area contributed by atoms with Crippen molar-refractivity contribution in [3.63, 3.8) is 0 Å². The molecule has 0 spiro atoms. The first kappa shape index (κ1) is 12.2. The van der Waals surface area contributed by atoms with E-state index < -0.39 is 6.10 Å². The third-order valence-corrected chi connectivity index (χ3v) is 2.93. The Bertz CT molecular complexity index is 364. The summed E-state index contributed by atoms with van der Waals surface area (Å²) in [6.07, 6.45) is -0.526. The first-order valence-corrected chi connectivity index (χ1v) is 5.53. The molecule has 0 aliphatic carbocycles. The highest BCUT2D eigenvalue weighted by atomic mass is 79.9. The molecule has 15 heavy (non-hydrogen) atoms. The number of amides is 1. The highest BCUT2D eigenvalue weighted by Crippen LogP contribution is 2.19. The average Bonchev–Trinajstić information content (AvgIpc) is 2.18. The van der Waals surface area contributed by atoms with E-state index in [4.69, 9.17) is 5.11 Å². The Morgan fingerprint density at radius 1 is 1.60 bits per heavy atom. The van der Waals surface area contributed by atoms with Crippen LogP contribution in [-0.2, 0) is 0 Å². The van der Waals surface area contributed by atoms with E-state index >= 15 is 0 Å². The van der Waals surface area contributed by atoms with Gasteiger partial charge < -0.3 is 10.4 Å². The van der Waals surface area contributed by atoms with Crippen LogP contribution in [0.1, 0.15) is 22.8 Å². The van der Waals surface area contributed by atoms with Crippen LogP contribution in [-0.4, -0.2) is 23.7 Å². The van der Waals surface area contributed by atoms with Gasteiger partial charge in [-0.3, -0.25) is 4.79 Å². The van der Waals surface area contributed by atoms with Crippen molar-refractivity contribution in [1.82, 2.24) is 5.32 Å². The van der Waals surface area contributed by atoms with Gasteiger partial charge in [-0.25, -0.2) is 0 Å². The van der Waals surface area contributed by atoms with Crippen LogP contribution in [0.4, 0.5) is 0 Å². The number of nitrogens with one attached hydrogen (secondary N) is 1. The van der Waals surface area contributed by atoms with Crippen molar-refractivity contribution in [2.75, 3.05) is 6.54 Å². The molecule has 1 aromatic rings. The van der Waals surface area contributed by atoms with Gasteiger partial charge in [-0.15, -0.1) is 0 Å². The first-order valence-electron chi connectivity index (χ1n) is 4.73. The first-order chi connectivity index (χ1) is 7.02. The molecule has 3 nitrogen and oxygen atoms in total. The van der Waals surface area contributed by atoms with Crippen LogP contribution >= 0.6 is 15.9 Å². The van der Waals surface area contributed by atoms with E-state index in [1.54, 1.807) is 13.0 Å². The van der Waals surface area contributed by atoms with Gasteiger partial charge in [0.1, 0.15) is 0 Å². The maximum Gasteiger partial charge on any atom is 0.251 e. The fourth-order valence-corrected chi connectivity index (χ4v) is 1.56. The van der Waals surface area contributed by atoms with Crippen molar-refractivity contribution in [3.8, 4) is 0 Å². The minimum atomic E-state index is -0.526. The predicted molar refractivity (Wildman–Crippen MR) is 62.9 cm³/mol. The van der Waals surface area contributed by atoms with Crippen LogP contribution in [0.15, 0.2) is 22.7 Å². The molecule has 1 amide bonds. The Hall–Kier alpha value is -0.870. The Morgan fingerprint density at radius 2 is 2.27 bits per heavy atom. The predicted octanol–water partition coefficient (Wildman–Crippen LogP) is 1.87. The molecule has 0 bridgehead atoms. The second-order valence-corrected chi connectivity index (χ2v) is 4.33. The second kappa shape index (κ2) is 5.28. The van der Waals surface area contributed by atoms with Gasteiger partial charge in [0.15, 0.2) is 0 Å². The summed E-state index contributed by atoms with van der Waals surface area (Å²) in [4.78, 5) is 11.7. The Balaban J connectivity index is 2.78. The van der Waals surface area contributed by atoms with E-state index in [0.29, 0.717) is 5.56 Å². The number of benzene rings is 1. The lowest BCUT2D eigenvalue weighted by molar-refractivity contribution is 0.0923. The average molecular weight is 272 g/mol. The van der Waals surface area contributed by atoms with Crippen molar-refractivity contribution in [2.24, 2.45) is 0 Å². The van der Waals surface area contributed by atoms with Crippen LogP contribution < -0.4 is 5.32 Å². The molecule has 1 rings (SSSR count). The topological polar surface area (TPSA) is 49.3 Å². The number of aliphatic hydroxyl groups is 1. The van der Waals surface area contributed by atoms with E-state index in [-0.39, 0.29) is 12.5 Å². The van der Waals surface area contributed by atoms with E-state index in [1.165, 1.54) is 0 Å². The summed E-state index contributed by atoms with van der Waals surface area (Å²) in [5, 5.41) is 11.7. The fourth-order valence-electron chi connectivity index (χ4n) is 1.19. The number of aliphatic hydroxyl groups excluding tert-OH is 1. The molecule has 4 heteroatoms. The zero-order chi connectivity index (χ0) is 11.4. The zero-order valence-corrected chi connectivity index (χ0v) is 10.3. The Labute approximate surface area is 97.6 Å². The lowest BCUT2D eigenvalue weighted by atomic mass is 10.1. The van der Waals surface area contributed by atoms with E-state index in [0.717, 1.165) is 10.0 Å². The largest absolute Gasteiger partial charge is 0.392 e. The second-order valence-electron chi connectivity index (χ2n) is 3.47. The van der Waals surface area contributed by atoms with Crippen LogP contribution in [0.3, 0.4) is 0 Å². The third kappa shape index (κ3) is 3.32. The Kier molecular flexibility index (Phi) is 4.29. The van der Waals surface area contributed by atoms with Gasteiger partial charge in [-0.1, -0.05) is 22.0 Å². The van der Waals surface area contributed by atoms with Crippen molar-refractivity contribution in [3.05, 3.63) is 33.8 Å². The van der Waals surface area contributed by atoms with Crippen LogP contribution in [0, 0.1) is 6.92 Å². The number of carbonyl (C=O) groups excluding carboxylic acids is 1. The molecule has 1 aromatic carbocycles. The molecule has 2 N–H and O–H groups in total. The van der Waals surface area contributed by atoms with Crippen molar-refractivity contribution in [1.29, 1.82) is 0 Å². The highest BCUT2D eigenvalue weighted by molar-refractivity contribution is 9.10. The van der Waals surface area contributed by atoms with Gasteiger partial charge in [-0.05, 0) is 31.5 Å². The molecule has 0 saturated carbocycles. The molecule has 0 aromatic heterocycles. The number of rotatable bonds is 3. The summed E-state index contributed by atoms with van der Waals surface area (Å²) in [6, 6.07) is 5.46. The zero-order valence-electron chi connectivity index (χ0n) is 8.75. The van der Waals surface area contributed by atoms with Crippen LogP contribution in [0.2, 0.25) is 0 Å². The molecule has 0 heterocycles. The molecule has 0 fully saturated rings. The van der Waals surface area contributed by atoms with Crippen LogP contribution in [0.25, 0.3) is 0 Å². The Morgan fingerprint density at radius 3 is 2.87 bits per heavy atom. The fraction of sp³-hybridized carbons (Fsp3) is 0.364. The van der Waals surface area contributed by atoms with E-state index in [9.17, 15) is 4.79 Å². The van der Waals surface area contributed by atoms with Gasteiger partial charge >= 0.3 is 0 Å². The lowest BCUT2D eigenvalue weighted by Gasteiger charge is -2.09. The molecule has 0 aliphatic heterocycles. The smallest absolute Gasteiger partial charge is 0.251 e. The summed E-state index contributed by atoms with van der Waals surface area (Å²) >= 11 is 3.36. The minimum Gasteiger partial charge on any atom is -0.392 e. The highest BCUT2D eigenvalue weighted by Gasteiger charge is 2.10. The molecule has 0 radical (unpaired) electrons. The van der Waals surface area contributed by atoms with E-state index in [2.05, 4.69) is 21.2 Å². The number of hydrogen-bond donors (Lipinski definition) is 2. The van der Waals surface area contributed by atoms with Gasteiger partial charge in [0.05, 0.1) is 6.10 Å². The monoisotopic (exact) mass is 271 g/mol. The summed E-state index contributed by atoms with van der Waals surface area (Å²) in [5.41, 5.74) is 1.53. The minimum absolute atomic E-state index is 0.158. The molecular formula is C11H14BrNO2. The molecule has 0 aliphatic rings. The maximum atomic E-state index is 11.7. The maximum absolute atomic E-state index is 11.7. The summed E-state index contributed by atoms with van der Waals surface area (Å²) < 4.78 is 0.909. The molecular weight excluding hydrogens is 258 g/mol. The molecule has 0 unspecified atom stereocenters. The number of hydrogen-bond acceptors (Lipinski definition) is 2. The summed E-state index contributed by atoms with van der Waals surface area (Å²) in [5.74, 6) is -0.158. The lowest BCUT2D eigenvalue weighted by Crippen LogP contribution is -2.31. The van der Waals surface area contributed by atoms with E-state index in [1.807, 2.05) is 19.1 Å². The molecule has 1 atom stereocenters.